The van der Waals surface area contributed by atoms with E-state index in [4.69, 9.17) is 9.47 Å². The van der Waals surface area contributed by atoms with E-state index in [0.717, 1.165) is 0 Å². The fourth-order valence-electron chi connectivity index (χ4n) is 3.21. The van der Waals surface area contributed by atoms with Crippen LogP contribution in [-0.2, 0) is 9.47 Å². The van der Waals surface area contributed by atoms with Crippen molar-refractivity contribution in [2.75, 3.05) is 19.0 Å². The van der Waals surface area contributed by atoms with Crippen molar-refractivity contribution >= 4 is 28.5 Å². The summed E-state index contributed by atoms with van der Waals surface area (Å²) in [5, 5.41) is 32.0. The van der Waals surface area contributed by atoms with Crippen molar-refractivity contribution in [3.8, 4) is 0 Å². The maximum absolute atomic E-state index is 12.5. The number of esters is 1. The van der Waals surface area contributed by atoms with E-state index in [1.807, 2.05) is 0 Å². The molecule has 5 N–H and O–H groups in total. The van der Waals surface area contributed by atoms with E-state index >= 15 is 0 Å². The van der Waals surface area contributed by atoms with Gasteiger partial charge < -0.3 is 35.1 Å². The third-order valence-electron chi connectivity index (χ3n) is 4.72. The molecule has 0 aliphatic carbocycles. The first-order chi connectivity index (χ1) is 13.9. The molecule has 1 aliphatic rings. The van der Waals surface area contributed by atoms with Gasteiger partial charge in [0.05, 0.1) is 19.3 Å². The number of aromatic amines is 1. The molecule has 0 aromatic carbocycles. The second-order valence-electron chi connectivity index (χ2n) is 6.44. The fraction of sp³-hybridized carbons (Fsp3) is 0.353. The Balaban J connectivity index is 1.82. The van der Waals surface area contributed by atoms with Crippen LogP contribution in [0.5, 0.6) is 0 Å². The highest BCUT2D eigenvalue weighted by Gasteiger charge is 2.42. The molecule has 0 spiro atoms. The predicted octanol–water partition coefficient (Wildman–Crippen LogP) is -2.31. The van der Waals surface area contributed by atoms with Gasteiger partial charge in [-0.1, -0.05) is 0 Å². The van der Waals surface area contributed by atoms with Gasteiger partial charge in [-0.3, -0.25) is 4.79 Å². The van der Waals surface area contributed by atoms with Gasteiger partial charge in [0.25, 0.3) is 5.56 Å². The molecular formula is C17H18N5O7+. The van der Waals surface area contributed by atoms with Gasteiger partial charge in [0, 0.05) is 0 Å². The lowest BCUT2D eigenvalue weighted by Crippen LogP contribution is -2.37. The zero-order valence-electron chi connectivity index (χ0n) is 15.1. The lowest BCUT2D eigenvalue weighted by Gasteiger charge is -2.16. The van der Waals surface area contributed by atoms with E-state index in [0.29, 0.717) is 0 Å². The number of rotatable bonds is 4. The molecule has 152 valence electrons. The molecule has 0 amide bonds. The number of methoxy groups -OCH3 is 1. The first kappa shape index (κ1) is 19.1. The summed E-state index contributed by atoms with van der Waals surface area (Å²) in [7, 11) is 1.25. The molecule has 0 bridgehead atoms. The molecular weight excluding hydrogens is 386 g/mol. The fourth-order valence-corrected chi connectivity index (χ4v) is 3.21. The summed E-state index contributed by atoms with van der Waals surface area (Å²) in [6, 6.07) is 2.92. The van der Waals surface area contributed by atoms with Gasteiger partial charge in [-0.25, -0.2) is 4.79 Å². The molecule has 0 saturated carbocycles. The minimum Gasteiger partial charge on any atom is -0.465 e. The minimum absolute atomic E-state index is 0.125. The van der Waals surface area contributed by atoms with Crippen LogP contribution < -0.4 is 15.3 Å². The topological polar surface area (TPSA) is 171 Å². The Hall–Kier alpha value is -3.19. The normalized spacial score (nSPS) is 24.1. The van der Waals surface area contributed by atoms with Crippen LogP contribution in [0.15, 0.2) is 29.5 Å². The van der Waals surface area contributed by atoms with Gasteiger partial charge in [-0.15, -0.1) is 0 Å². The number of aliphatic hydroxyl groups excluding tert-OH is 3. The van der Waals surface area contributed by atoms with Crippen LogP contribution in [0.3, 0.4) is 0 Å². The molecule has 1 fully saturated rings. The summed E-state index contributed by atoms with van der Waals surface area (Å²) >= 11 is 0. The Morgan fingerprint density at radius 3 is 2.83 bits per heavy atom. The monoisotopic (exact) mass is 404 g/mol. The first-order valence-corrected chi connectivity index (χ1v) is 8.64. The number of fused-ring (bicyclic) bond motifs is 3. The number of nitrogens with one attached hydrogen (secondary N) is 2. The number of carbonyl (C=O) groups excluding carboxylic acids is 1. The maximum atomic E-state index is 12.5. The van der Waals surface area contributed by atoms with Gasteiger partial charge in [-0.05, 0) is 17.1 Å². The maximum Gasteiger partial charge on any atom is 0.357 e. The Morgan fingerprint density at radius 1 is 1.34 bits per heavy atom. The Bertz CT molecular complexity index is 1150. The third-order valence-corrected chi connectivity index (χ3v) is 4.72. The average molecular weight is 404 g/mol. The minimum atomic E-state index is -1.33. The van der Waals surface area contributed by atoms with Crippen molar-refractivity contribution in [2.45, 2.75) is 24.5 Å². The average Bonchev–Trinajstić information content (AvgIpc) is 3.01. The predicted molar refractivity (Wildman–Crippen MR) is 96.0 cm³/mol. The number of nitrogens with zero attached hydrogens (tertiary/aromatic N) is 3. The zero-order valence-corrected chi connectivity index (χ0v) is 15.1. The molecule has 4 unspecified atom stereocenters. The highest BCUT2D eigenvalue weighted by Crippen LogP contribution is 2.24. The number of carbonyl (C=O) groups is 1. The van der Waals surface area contributed by atoms with E-state index in [9.17, 15) is 24.9 Å². The van der Waals surface area contributed by atoms with E-state index in [1.54, 1.807) is 0 Å². The Labute approximate surface area is 162 Å². The van der Waals surface area contributed by atoms with Crippen LogP contribution in [0.25, 0.3) is 16.7 Å². The summed E-state index contributed by atoms with van der Waals surface area (Å²) in [4.78, 5) is 35.3. The van der Waals surface area contributed by atoms with E-state index in [2.05, 4.69) is 20.3 Å². The van der Waals surface area contributed by atoms with Gasteiger partial charge in [0.2, 0.25) is 6.33 Å². The molecule has 1 saturated heterocycles. The summed E-state index contributed by atoms with van der Waals surface area (Å²) in [6.45, 7) is -0.478. The van der Waals surface area contributed by atoms with Crippen molar-refractivity contribution in [1.82, 2.24) is 15.0 Å². The van der Waals surface area contributed by atoms with Crippen LogP contribution in [0.4, 0.5) is 5.82 Å². The van der Waals surface area contributed by atoms with Crippen LogP contribution in [0.1, 0.15) is 10.4 Å². The van der Waals surface area contributed by atoms with Crippen molar-refractivity contribution in [2.24, 2.45) is 0 Å². The van der Waals surface area contributed by atoms with Crippen molar-refractivity contribution in [3.05, 3.63) is 40.6 Å². The zero-order chi connectivity index (χ0) is 20.7. The second-order valence-corrected chi connectivity index (χ2v) is 6.44. The Morgan fingerprint density at radius 2 is 2.14 bits per heavy atom. The number of hydrogen-bond acceptors (Lipinski definition) is 10. The molecule has 4 rings (SSSR count). The van der Waals surface area contributed by atoms with Crippen LogP contribution in [0.2, 0.25) is 0 Å². The number of aromatic nitrogens is 4. The van der Waals surface area contributed by atoms with Crippen molar-refractivity contribution in [1.29, 1.82) is 0 Å². The SMILES string of the molecule is COC(=O)c1ccc2c(=O)[nH]c3c(NC4OC(CO)C(O)C4O)ncnc3[n+]2c1. The Kier molecular flexibility index (Phi) is 4.84. The highest BCUT2D eigenvalue weighted by atomic mass is 16.6. The van der Waals surface area contributed by atoms with Crippen molar-refractivity contribution < 1.29 is 34.0 Å². The van der Waals surface area contributed by atoms with E-state index in [-0.39, 0.29) is 28.1 Å². The van der Waals surface area contributed by atoms with Crippen LogP contribution >= 0.6 is 0 Å². The summed E-state index contributed by atoms with van der Waals surface area (Å²) < 4.78 is 11.5. The molecule has 4 atom stereocenters. The van der Waals surface area contributed by atoms with E-state index in [1.165, 1.54) is 36.2 Å². The molecule has 3 aromatic rings. The van der Waals surface area contributed by atoms with Crippen LogP contribution in [-0.4, -0.2) is 74.5 Å². The number of H-pyrrole nitrogens is 1. The van der Waals surface area contributed by atoms with Gasteiger partial charge >= 0.3 is 11.6 Å². The van der Waals surface area contributed by atoms with Gasteiger partial charge in [0.15, 0.2) is 23.1 Å². The lowest BCUT2D eigenvalue weighted by atomic mass is 10.1. The lowest BCUT2D eigenvalue weighted by molar-refractivity contribution is -0.485. The quantitative estimate of drug-likeness (QED) is 0.181. The summed E-state index contributed by atoms with van der Waals surface area (Å²) in [5.74, 6) is -0.452. The number of ether oxygens (including phenoxy) is 2. The molecule has 12 heteroatoms. The molecule has 12 nitrogen and oxygen atoms in total. The summed E-state index contributed by atoms with van der Waals surface area (Å²) in [5.41, 5.74) is 0.452. The number of anilines is 1. The molecule has 1 aliphatic heterocycles. The molecule has 29 heavy (non-hydrogen) atoms. The second kappa shape index (κ2) is 7.33. The van der Waals surface area contributed by atoms with Crippen molar-refractivity contribution in [3.63, 3.8) is 0 Å². The standard InChI is InChI=1S/C17H17N5O7/c1-28-17(27)7-2-3-8-15(26)20-10-13(18-6-19-14(10)22(8)4-7)21-16-12(25)11(24)9(5-23)29-16/h2-4,6,9,11-12,16,23-26H,5H2,1H3/p+1. The summed E-state index contributed by atoms with van der Waals surface area (Å²) in [6.07, 6.45) is -2.02. The number of pyridine rings is 1. The molecule has 0 radical (unpaired) electrons. The van der Waals surface area contributed by atoms with Gasteiger partial charge in [-0.2, -0.15) is 9.38 Å². The number of aliphatic hydroxyl groups is 3. The largest absolute Gasteiger partial charge is 0.465 e. The van der Waals surface area contributed by atoms with Gasteiger partial charge in [0.1, 0.15) is 24.5 Å². The molecule has 4 heterocycles. The first-order valence-electron chi connectivity index (χ1n) is 8.64. The third kappa shape index (κ3) is 3.17. The van der Waals surface area contributed by atoms with E-state index < -0.39 is 42.7 Å². The molecule has 3 aromatic heterocycles. The smallest absolute Gasteiger partial charge is 0.357 e. The highest BCUT2D eigenvalue weighted by molar-refractivity contribution is 5.89. The van der Waals surface area contributed by atoms with Crippen LogP contribution in [0, 0.1) is 0 Å². The number of hydrogen-bond donors (Lipinski definition) is 5.